The number of rotatable bonds is 7. The second-order valence-corrected chi connectivity index (χ2v) is 7.03. The van der Waals surface area contributed by atoms with Gasteiger partial charge in [-0.3, -0.25) is 0 Å². The molecule has 1 aromatic carbocycles. The Morgan fingerprint density at radius 2 is 2.05 bits per heavy atom. The molecule has 0 radical (unpaired) electrons. The summed E-state index contributed by atoms with van der Waals surface area (Å²) in [5.74, 6) is -0.495. The van der Waals surface area contributed by atoms with E-state index < -0.39 is 16.0 Å². The summed E-state index contributed by atoms with van der Waals surface area (Å²) in [7, 11) is -3.79. The summed E-state index contributed by atoms with van der Waals surface area (Å²) in [5, 5.41) is 9.06. The van der Waals surface area contributed by atoms with E-state index in [0.717, 1.165) is 18.8 Å². The molecular weight excluding hydrogens is 278 g/mol. The van der Waals surface area contributed by atoms with E-state index in [2.05, 4.69) is 4.72 Å². The highest BCUT2D eigenvalue weighted by Gasteiger charge is 2.25. The average Bonchev–Trinajstić information content (AvgIpc) is 3.20. The molecule has 6 heteroatoms. The molecule has 2 rings (SSSR count). The summed E-state index contributed by atoms with van der Waals surface area (Å²) >= 11 is 0. The highest BCUT2D eigenvalue weighted by molar-refractivity contribution is 7.89. The third-order valence-corrected chi connectivity index (χ3v) is 5.12. The first-order valence-electron chi connectivity index (χ1n) is 6.75. The van der Waals surface area contributed by atoms with Crippen molar-refractivity contribution in [3.8, 4) is 0 Å². The molecule has 0 bridgehead atoms. The number of hydrogen-bond donors (Lipinski definition) is 2. The molecule has 0 heterocycles. The van der Waals surface area contributed by atoms with Gasteiger partial charge in [-0.2, -0.15) is 0 Å². The molecule has 1 aliphatic rings. The van der Waals surface area contributed by atoms with Crippen LogP contribution in [0.5, 0.6) is 0 Å². The van der Waals surface area contributed by atoms with E-state index in [1.807, 2.05) is 6.92 Å². The smallest absolute Gasteiger partial charge is 0.337 e. The third kappa shape index (κ3) is 3.80. The zero-order valence-electron chi connectivity index (χ0n) is 11.4. The summed E-state index contributed by atoms with van der Waals surface area (Å²) in [4.78, 5) is 10.9. The predicted molar refractivity (Wildman–Crippen MR) is 75.1 cm³/mol. The van der Waals surface area contributed by atoms with E-state index in [1.54, 1.807) is 0 Å². The second kappa shape index (κ2) is 5.93. The van der Waals surface area contributed by atoms with Crippen LogP contribution in [-0.2, 0) is 10.0 Å². The van der Waals surface area contributed by atoms with E-state index in [4.69, 9.17) is 5.11 Å². The van der Waals surface area contributed by atoms with Gasteiger partial charge in [0.25, 0.3) is 0 Å². The van der Waals surface area contributed by atoms with Crippen molar-refractivity contribution in [1.29, 1.82) is 0 Å². The summed E-state index contributed by atoms with van der Waals surface area (Å²) in [6, 6.07) is 5.46. The lowest BCUT2D eigenvalue weighted by atomic mass is 10.1. The quantitative estimate of drug-likeness (QED) is 0.808. The summed E-state index contributed by atoms with van der Waals surface area (Å²) in [6.07, 6.45) is 4.27. The van der Waals surface area contributed by atoms with Gasteiger partial charge in [0.2, 0.25) is 10.0 Å². The van der Waals surface area contributed by atoms with Crippen molar-refractivity contribution in [2.24, 2.45) is 5.92 Å². The highest BCUT2D eigenvalue weighted by Crippen LogP contribution is 2.33. The number of hydrogen-bond acceptors (Lipinski definition) is 3. The first-order valence-corrected chi connectivity index (χ1v) is 8.23. The van der Waals surface area contributed by atoms with Crippen LogP contribution in [0.3, 0.4) is 0 Å². The normalized spacial score (nSPS) is 16.9. The maximum atomic E-state index is 12.3. The average molecular weight is 297 g/mol. The zero-order valence-corrected chi connectivity index (χ0v) is 12.2. The molecule has 0 saturated heterocycles. The Kier molecular flexibility index (Phi) is 4.45. The van der Waals surface area contributed by atoms with Crippen molar-refractivity contribution in [3.63, 3.8) is 0 Å². The molecule has 1 fully saturated rings. The Labute approximate surface area is 119 Å². The number of sulfonamides is 1. The Morgan fingerprint density at radius 3 is 2.65 bits per heavy atom. The molecule has 0 amide bonds. The molecule has 1 unspecified atom stereocenters. The lowest BCUT2D eigenvalue weighted by Crippen LogP contribution is -2.33. The molecule has 0 spiro atoms. The van der Waals surface area contributed by atoms with Gasteiger partial charge in [-0.25, -0.2) is 17.9 Å². The molecule has 1 atom stereocenters. The van der Waals surface area contributed by atoms with Crippen molar-refractivity contribution in [1.82, 2.24) is 4.72 Å². The van der Waals surface area contributed by atoms with Gasteiger partial charge in [-0.05, 0) is 37.8 Å². The van der Waals surface area contributed by atoms with Crippen LogP contribution in [0.25, 0.3) is 0 Å². The third-order valence-electron chi connectivity index (χ3n) is 3.47. The van der Waals surface area contributed by atoms with Crippen LogP contribution < -0.4 is 4.72 Å². The molecule has 5 nitrogen and oxygen atoms in total. The van der Waals surface area contributed by atoms with Gasteiger partial charge in [0.15, 0.2) is 0 Å². The van der Waals surface area contributed by atoms with Crippen LogP contribution in [0.2, 0.25) is 0 Å². The fourth-order valence-electron chi connectivity index (χ4n) is 2.16. The molecule has 1 aliphatic carbocycles. The van der Waals surface area contributed by atoms with Crippen molar-refractivity contribution < 1.29 is 18.3 Å². The molecule has 0 aliphatic heterocycles. The molecule has 0 aromatic heterocycles. The van der Waals surface area contributed by atoms with Crippen LogP contribution in [0.15, 0.2) is 29.2 Å². The van der Waals surface area contributed by atoms with Crippen molar-refractivity contribution in [3.05, 3.63) is 29.8 Å². The fourth-order valence-corrected chi connectivity index (χ4v) is 3.63. The minimum absolute atomic E-state index is 0.175. The van der Waals surface area contributed by atoms with Crippen LogP contribution >= 0.6 is 0 Å². The Balaban J connectivity index is 2.10. The van der Waals surface area contributed by atoms with E-state index in [9.17, 15) is 13.2 Å². The molecule has 1 saturated carbocycles. The lowest BCUT2D eigenvalue weighted by Gasteiger charge is -2.15. The zero-order chi connectivity index (χ0) is 14.8. The van der Waals surface area contributed by atoms with Crippen molar-refractivity contribution >= 4 is 16.0 Å². The fraction of sp³-hybridized carbons (Fsp3) is 0.500. The summed E-state index contributed by atoms with van der Waals surface area (Å²) < 4.78 is 27.1. The summed E-state index contributed by atoms with van der Waals surface area (Å²) in [6.45, 7) is 1.81. The molecule has 1 aromatic rings. The minimum Gasteiger partial charge on any atom is -0.478 e. The van der Waals surface area contributed by atoms with Crippen LogP contribution in [0.1, 0.15) is 43.0 Å². The number of carboxylic acid groups (broad SMARTS) is 1. The Hall–Kier alpha value is -1.40. The Morgan fingerprint density at radius 1 is 1.40 bits per heavy atom. The van der Waals surface area contributed by atoms with Gasteiger partial charge in [-0.15, -0.1) is 0 Å². The first-order chi connectivity index (χ1) is 9.40. The maximum Gasteiger partial charge on any atom is 0.337 e. The van der Waals surface area contributed by atoms with Gasteiger partial charge >= 0.3 is 5.97 Å². The standard InChI is InChI=1S/C14H19NO4S/c1-10(6-7-11-8-9-11)15-20(18,19)13-5-3-2-4-12(13)14(16)17/h2-5,10-11,15H,6-9H2,1H3,(H,16,17). The number of benzene rings is 1. The number of aromatic carboxylic acids is 1. The van der Waals surface area contributed by atoms with E-state index >= 15 is 0 Å². The topological polar surface area (TPSA) is 83.5 Å². The van der Waals surface area contributed by atoms with Crippen LogP contribution in [0.4, 0.5) is 0 Å². The number of carbonyl (C=O) groups is 1. The SMILES string of the molecule is CC(CCC1CC1)NS(=O)(=O)c1ccccc1C(=O)O. The lowest BCUT2D eigenvalue weighted by molar-refractivity contribution is 0.0692. The van der Waals surface area contributed by atoms with Gasteiger partial charge in [0, 0.05) is 6.04 Å². The van der Waals surface area contributed by atoms with Gasteiger partial charge in [0.1, 0.15) is 0 Å². The minimum atomic E-state index is -3.79. The summed E-state index contributed by atoms with van der Waals surface area (Å²) in [5.41, 5.74) is -0.200. The number of carboxylic acids is 1. The molecule has 20 heavy (non-hydrogen) atoms. The second-order valence-electron chi connectivity index (χ2n) is 5.34. The van der Waals surface area contributed by atoms with E-state index in [0.29, 0.717) is 0 Å². The molecule has 110 valence electrons. The Bertz CT molecular complexity index is 593. The van der Waals surface area contributed by atoms with Crippen molar-refractivity contribution in [2.45, 2.75) is 43.5 Å². The van der Waals surface area contributed by atoms with E-state index in [1.165, 1.54) is 37.1 Å². The van der Waals surface area contributed by atoms with E-state index in [-0.39, 0.29) is 16.5 Å². The maximum absolute atomic E-state index is 12.3. The first kappa shape index (κ1) is 15.0. The number of nitrogens with one attached hydrogen (secondary N) is 1. The van der Waals surface area contributed by atoms with Gasteiger partial charge in [-0.1, -0.05) is 25.0 Å². The van der Waals surface area contributed by atoms with Crippen LogP contribution in [-0.4, -0.2) is 25.5 Å². The predicted octanol–water partition coefficient (Wildman–Crippen LogP) is 2.24. The van der Waals surface area contributed by atoms with Crippen molar-refractivity contribution in [2.75, 3.05) is 0 Å². The molecule has 2 N–H and O–H groups in total. The largest absolute Gasteiger partial charge is 0.478 e. The monoisotopic (exact) mass is 297 g/mol. The van der Waals surface area contributed by atoms with Gasteiger partial charge in [0.05, 0.1) is 10.5 Å². The highest BCUT2D eigenvalue weighted by atomic mass is 32.2. The van der Waals surface area contributed by atoms with Gasteiger partial charge < -0.3 is 5.11 Å². The van der Waals surface area contributed by atoms with Crippen LogP contribution in [0, 0.1) is 5.92 Å². The molecular formula is C14H19NO4S.